The van der Waals surface area contributed by atoms with Crippen LogP contribution in [0, 0.1) is 18.6 Å². The zero-order valence-corrected chi connectivity index (χ0v) is 11.9. The highest BCUT2D eigenvalue weighted by atomic mass is 79.9. The van der Waals surface area contributed by atoms with Crippen molar-refractivity contribution in [3.8, 4) is 5.69 Å². The molecule has 4 nitrogen and oxygen atoms in total. The van der Waals surface area contributed by atoms with Crippen LogP contribution in [-0.2, 0) is 0 Å². The number of benzene rings is 1. The maximum Gasteiger partial charge on any atom is 0.207 e. The number of aromatic nitrogens is 3. The summed E-state index contributed by atoms with van der Waals surface area (Å²) in [4.78, 5) is 8.39. The van der Waals surface area contributed by atoms with Crippen LogP contribution in [-0.4, -0.2) is 14.5 Å². The summed E-state index contributed by atoms with van der Waals surface area (Å²) in [6, 6.07) is 5.61. The zero-order chi connectivity index (χ0) is 14.4. The minimum atomic E-state index is -0.618. The van der Waals surface area contributed by atoms with Crippen LogP contribution in [0.25, 0.3) is 16.9 Å². The molecule has 0 aliphatic heterocycles. The number of nitrogens with zero attached hydrogens (tertiary/aromatic N) is 3. The van der Waals surface area contributed by atoms with E-state index in [2.05, 4.69) is 25.9 Å². The van der Waals surface area contributed by atoms with E-state index in [-0.39, 0.29) is 16.1 Å². The predicted molar refractivity (Wildman–Crippen MR) is 75.6 cm³/mol. The second-order valence-electron chi connectivity index (χ2n) is 4.32. The summed E-state index contributed by atoms with van der Waals surface area (Å²) in [6.45, 7) is 1.80. The molecule has 0 fully saturated rings. The van der Waals surface area contributed by atoms with Gasteiger partial charge in [0.2, 0.25) is 5.95 Å². The first kappa shape index (κ1) is 13.0. The molecule has 0 amide bonds. The number of rotatable bonds is 1. The first-order valence-corrected chi connectivity index (χ1v) is 6.53. The van der Waals surface area contributed by atoms with Crippen molar-refractivity contribution in [3.05, 3.63) is 46.1 Å². The second-order valence-corrected chi connectivity index (χ2v) is 5.17. The first-order valence-electron chi connectivity index (χ1n) is 5.74. The molecule has 1 aromatic carbocycles. The number of nitrogen functional groups attached to an aromatic ring is 1. The molecule has 20 heavy (non-hydrogen) atoms. The fourth-order valence-corrected chi connectivity index (χ4v) is 2.31. The van der Waals surface area contributed by atoms with Crippen molar-refractivity contribution in [2.24, 2.45) is 0 Å². The average Bonchev–Trinajstić information content (AvgIpc) is 2.69. The number of nitrogens with two attached hydrogens (primary N) is 1. The fraction of sp³-hybridized carbons (Fsp3) is 0.0769. The van der Waals surface area contributed by atoms with Gasteiger partial charge in [0.05, 0.1) is 10.2 Å². The Kier molecular flexibility index (Phi) is 2.93. The fourth-order valence-electron chi connectivity index (χ4n) is 1.99. The van der Waals surface area contributed by atoms with Crippen LogP contribution in [0.4, 0.5) is 14.7 Å². The lowest BCUT2D eigenvalue weighted by molar-refractivity contribution is 0.588. The largest absolute Gasteiger partial charge is 0.369 e. The van der Waals surface area contributed by atoms with Gasteiger partial charge in [-0.3, -0.25) is 4.57 Å². The first-order chi connectivity index (χ1) is 9.47. The minimum Gasteiger partial charge on any atom is -0.369 e. The monoisotopic (exact) mass is 338 g/mol. The van der Waals surface area contributed by atoms with Crippen molar-refractivity contribution >= 4 is 33.0 Å². The molecule has 0 radical (unpaired) electrons. The van der Waals surface area contributed by atoms with Crippen molar-refractivity contribution in [2.75, 3.05) is 5.73 Å². The van der Waals surface area contributed by atoms with Crippen LogP contribution in [0.3, 0.4) is 0 Å². The van der Waals surface area contributed by atoms with Crippen LogP contribution in [0.2, 0.25) is 0 Å². The van der Waals surface area contributed by atoms with Crippen LogP contribution in [0.5, 0.6) is 0 Å². The molecule has 2 heterocycles. The number of aryl methyl sites for hydroxylation is 1. The van der Waals surface area contributed by atoms with Gasteiger partial charge in [0.25, 0.3) is 0 Å². The third kappa shape index (κ3) is 1.94. The molecule has 0 atom stereocenters. The summed E-state index contributed by atoms with van der Waals surface area (Å²) in [5.74, 6) is -1.15. The third-order valence-electron chi connectivity index (χ3n) is 2.90. The van der Waals surface area contributed by atoms with Crippen molar-refractivity contribution < 1.29 is 8.78 Å². The lowest BCUT2D eigenvalue weighted by atomic mass is 10.3. The van der Waals surface area contributed by atoms with E-state index >= 15 is 0 Å². The standard InChI is InChI=1S/C13H9BrF2N4/c1-6-2-3-10-12(18-6)20(13(17)19-10)11-5-8(15)7(14)4-9(11)16/h2-5H,1H3,(H2,17,19). The SMILES string of the molecule is Cc1ccc2nc(N)n(-c3cc(F)c(Br)cc3F)c2n1. The quantitative estimate of drug-likeness (QED) is 0.692. The Morgan fingerprint density at radius 3 is 2.65 bits per heavy atom. The smallest absolute Gasteiger partial charge is 0.207 e. The lowest BCUT2D eigenvalue weighted by Gasteiger charge is -2.08. The van der Waals surface area contributed by atoms with Gasteiger partial charge in [0.1, 0.15) is 17.2 Å². The van der Waals surface area contributed by atoms with E-state index in [1.165, 1.54) is 4.57 Å². The normalized spacial score (nSPS) is 11.2. The molecule has 0 unspecified atom stereocenters. The Hall–Kier alpha value is -2.02. The van der Waals surface area contributed by atoms with Gasteiger partial charge in [-0.2, -0.15) is 0 Å². The third-order valence-corrected chi connectivity index (χ3v) is 3.51. The lowest BCUT2D eigenvalue weighted by Crippen LogP contribution is -2.05. The minimum absolute atomic E-state index is 0.0243. The van der Waals surface area contributed by atoms with Crippen LogP contribution in [0.15, 0.2) is 28.7 Å². The van der Waals surface area contributed by atoms with Gasteiger partial charge in [-0.1, -0.05) is 0 Å². The molecule has 7 heteroatoms. The molecule has 0 aliphatic carbocycles. The summed E-state index contributed by atoms with van der Waals surface area (Å²) in [5, 5.41) is 0. The molecule has 0 spiro atoms. The maximum atomic E-state index is 14.1. The molecule has 0 saturated carbocycles. The predicted octanol–water partition coefficient (Wildman–Crippen LogP) is 3.35. The molecular formula is C13H9BrF2N4. The Labute approximate surface area is 121 Å². The topological polar surface area (TPSA) is 56.7 Å². The Balaban J connectivity index is 2.37. The van der Waals surface area contributed by atoms with Crippen molar-refractivity contribution in [2.45, 2.75) is 6.92 Å². The average molecular weight is 339 g/mol. The number of halogens is 3. The van der Waals surface area contributed by atoms with E-state index < -0.39 is 11.6 Å². The highest BCUT2D eigenvalue weighted by Gasteiger charge is 2.17. The summed E-state index contributed by atoms with van der Waals surface area (Å²) < 4.78 is 29.1. The molecule has 3 rings (SSSR count). The molecule has 2 N–H and O–H groups in total. The zero-order valence-electron chi connectivity index (χ0n) is 10.4. The van der Waals surface area contributed by atoms with E-state index in [9.17, 15) is 8.78 Å². The molecule has 102 valence electrons. The van der Waals surface area contributed by atoms with Gasteiger partial charge in [0, 0.05) is 11.8 Å². The van der Waals surface area contributed by atoms with Crippen molar-refractivity contribution in [1.82, 2.24) is 14.5 Å². The highest BCUT2D eigenvalue weighted by Crippen LogP contribution is 2.27. The molecule has 0 bridgehead atoms. The Morgan fingerprint density at radius 1 is 1.15 bits per heavy atom. The van der Waals surface area contributed by atoms with E-state index in [0.29, 0.717) is 11.2 Å². The van der Waals surface area contributed by atoms with Gasteiger partial charge in [0.15, 0.2) is 5.65 Å². The Bertz CT molecular complexity index is 829. The summed E-state index contributed by atoms with van der Waals surface area (Å²) >= 11 is 2.94. The molecular weight excluding hydrogens is 330 g/mol. The Morgan fingerprint density at radius 2 is 1.90 bits per heavy atom. The number of anilines is 1. The van der Waals surface area contributed by atoms with Gasteiger partial charge in [-0.15, -0.1) is 0 Å². The molecule has 3 aromatic rings. The second kappa shape index (κ2) is 4.52. The number of imidazole rings is 1. The summed E-state index contributed by atoms with van der Waals surface area (Å²) in [6.07, 6.45) is 0. The van der Waals surface area contributed by atoms with E-state index in [1.54, 1.807) is 19.1 Å². The molecule has 2 aromatic heterocycles. The molecule has 0 saturated heterocycles. The number of hydrogen-bond acceptors (Lipinski definition) is 3. The van der Waals surface area contributed by atoms with Gasteiger partial charge in [-0.05, 0) is 41.1 Å². The van der Waals surface area contributed by atoms with E-state index in [1.807, 2.05) is 0 Å². The van der Waals surface area contributed by atoms with Crippen molar-refractivity contribution in [3.63, 3.8) is 0 Å². The van der Waals surface area contributed by atoms with Gasteiger partial charge < -0.3 is 5.73 Å². The number of pyridine rings is 1. The highest BCUT2D eigenvalue weighted by molar-refractivity contribution is 9.10. The summed E-state index contributed by atoms with van der Waals surface area (Å²) in [7, 11) is 0. The van der Waals surface area contributed by atoms with Gasteiger partial charge in [-0.25, -0.2) is 18.7 Å². The van der Waals surface area contributed by atoms with Crippen LogP contribution >= 0.6 is 15.9 Å². The number of fused-ring (bicyclic) bond motifs is 1. The van der Waals surface area contributed by atoms with E-state index in [0.717, 1.165) is 17.8 Å². The van der Waals surface area contributed by atoms with Crippen molar-refractivity contribution in [1.29, 1.82) is 0 Å². The van der Waals surface area contributed by atoms with Crippen LogP contribution < -0.4 is 5.73 Å². The van der Waals surface area contributed by atoms with Crippen LogP contribution in [0.1, 0.15) is 5.69 Å². The molecule has 0 aliphatic rings. The summed E-state index contributed by atoms with van der Waals surface area (Å²) in [5.41, 5.74) is 7.43. The maximum absolute atomic E-state index is 14.1. The number of hydrogen-bond donors (Lipinski definition) is 1. The van der Waals surface area contributed by atoms with E-state index in [4.69, 9.17) is 5.73 Å². The van der Waals surface area contributed by atoms with Gasteiger partial charge >= 0.3 is 0 Å².